The van der Waals surface area contributed by atoms with E-state index < -0.39 is 55.6 Å². The van der Waals surface area contributed by atoms with Gasteiger partial charge in [-0.1, -0.05) is 67.6 Å². The molecule has 0 aliphatic heterocycles. The van der Waals surface area contributed by atoms with Crippen molar-refractivity contribution < 1.29 is 56.2 Å². The molecule has 0 heterocycles. The zero-order valence-electron chi connectivity index (χ0n) is 36.2. The summed E-state index contributed by atoms with van der Waals surface area (Å²) < 4.78 is 38.5. The van der Waals surface area contributed by atoms with E-state index >= 15 is 0 Å². The Hall–Kier alpha value is -5.50. The lowest BCUT2D eigenvalue weighted by Gasteiger charge is -2.34. The highest BCUT2D eigenvalue weighted by Crippen LogP contribution is 2.48. The van der Waals surface area contributed by atoms with Crippen LogP contribution in [-0.2, 0) is 52.9 Å². The Balaban J connectivity index is 1.68. The van der Waals surface area contributed by atoms with Gasteiger partial charge in [0.2, 0.25) is 0 Å². The van der Waals surface area contributed by atoms with E-state index in [2.05, 4.69) is 17.8 Å². The summed E-state index contributed by atoms with van der Waals surface area (Å²) in [5.74, 6) is -3.65. The zero-order valence-corrected chi connectivity index (χ0v) is 37.2. The molecule has 4 rings (SSSR count). The fourth-order valence-electron chi connectivity index (χ4n) is 7.63. The Bertz CT molecular complexity index is 2130. The van der Waals surface area contributed by atoms with Crippen LogP contribution in [0.2, 0.25) is 0 Å². The van der Waals surface area contributed by atoms with Crippen LogP contribution < -0.4 is 0 Å². The number of hydrogen-bond acceptors (Lipinski definition) is 14. The maximum Gasteiger partial charge on any atom is 0.750 e. The number of carbonyl (C=O) groups is 4. The summed E-state index contributed by atoms with van der Waals surface area (Å²) >= 11 is 0. The first-order chi connectivity index (χ1) is 29.1. The smallest absolute Gasteiger partial charge is 0.469 e. The molecular formula is C46H56N2O12Si. The third-order valence-electron chi connectivity index (χ3n) is 11.2. The largest absolute Gasteiger partial charge is 0.750 e. The molecule has 14 nitrogen and oxygen atoms in total. The van der Waals surface area contributed by atoms with Crippen LogP contribution in [0.3, 0.4) is 0 Å². The fraction of sp³-hybridized carbons (Fsp3) is 0.435. The fourth-order valence-corrected chi connectivity index (χ4v) is 8.80. The SMILES string of the molecule is C=NC(C#N)=C1c2ccccc2-c2c(C(=O)OCc3ccc(C(CC(CC(C)(CC)C(=O)OC)C(=O)O[Si](OC)(OC)OC)CC(C)(C)C(=O)OCCCO)cc3)cccc21. The number of fused-ring (bicyclic) bond motifs is 3. The number of esters is 3. The molecule has 326 valence electrons. The van der Waals surface area contributed by atoms with Gasteiger partial charge in [0.1, 0.15) is 18.4 Å². The van der Waals surface area contributed by atoms with Crippen LogP contribution in [0, 0.1) is 28.1 Å². The van der Waals surface area contributed by atoms with Gasteiger partial charge in [0.25, 0.3) is 5.97 Å². The molecule has 0 radical (unpaired) electrons. The molecule has 0 amide bonds. The Morgan fingerprint density at radius 3 is 2.07 bits per heavy atom. The standard InChI is InChI=1S/C46H56N2O12Si/c1-10-46(4,44(53)54-6)27-33(41(50)60-61(55-7,56-8)57-9)25-32(26-45(2,3)43(52)58-24-14-23-49)31-21-19-30(20-22-31)29-59-42(51)37-18-13-17-36-39(37)34-15-11-12-16-35(34)40(36)38(28-47)48-5/h11-13,15-22,32-33,49H,5,10,14,23-27,29H2,1-4,6-9H3. The number of nitrogens with zero attached hydrogens (tertiary/aromatic N) is 2. The molecule has 0 saturated carbocycles. The van der Waals surface area contributed by atoms with Crippen LogP contribution >= 0.6 is 0 Å². The summed E-state index contributed by atoms with van der Waals surface area (Å²) in [5.41, 5.74) is 3.26. The number of ether oxygens (including phenoxy) is 3. The number of aliphatic imine (C=N–C) groups is 1. The predicted octanol–water partition coefficient (Wildman–Crippen LogP) is 7.34. The van der Waals surface area contributed by atoms with Gasteiger partial charge >= 0.3 is 27.0 Å². The van der Waals surface area contributed by atoms with Gasteiger partial charge in [-0.3, -0.25) is 19.4 Å². The van der Waals surface area contributed by atoms with Crippen LogP contribution in [0.15, 0.2) is 77.4 Å². The topological polar surface area (TPSA) is 189 Å². The van der Waals surface area contributed by atoms with Gasteiger partial charge in [0.05, 0.1) is 36.0 Å². The molecule has 3 unspecified atom stereocenters. The number of hydrogen-bond donors (Lipinski definition) is 1. The highest BCUT2D eigenvalue weighted by Gasteiger charge is 2.50. The molecule has 61 heavy (non-hydrogen) atoms. The van der Waals surface area contributed by atoms with Crippen LogP contribution in [0.4, 0.5) is 0 Å². The lowest BCUT2D eigenvalue weighted by molar-refractivity contribution is -0.156. The average Bonchev–Trinajstić information content (AvgIpc) is 3.61. The van der Waals surface area contributed by atoms with Crippen molar-refractivity contribution in [1.82, 2.24) is 0 Å². The minimum atomic E-state index is -3.89. The minimum Gasteiger partial charge on any atom is -0.469 e. The van der Waals surface area contributed by atoms with E-state index in [9.17, 15) is 29.5 Å². The van der Waals surface area contributed by atoms with E-state index in [1.165, 1.54) is 28.4 Å². The van der Waals surface area contributed by atoms with Crippen molar-refractivity contribution in [3.05, 3.63) is 100 Å². The summed E-state index contributed by atoms with van der Waals surface area (Å²) in [6.45, 7) is 10.5. The lowest BCUT2D eigenvalue weighted by Crippen LogP contribution is -2.49. The highest BCUT2D eigenvalue weighted by molar-refractivity contribution is 6.55. The molecule has 3 atom stereocenters. The molecule has 0 fully saturated rings. The van der Waals surface area contributed by atoms with Gasteiger partial charge in [-0.05, 0) is 93.0 Å². The normalized spacial score (nSPS) is 14.9. The summed E-state index contributed by atoms with van der Waals surface area (Å²) in [5, 5.41) is 19.1. The van der Waals surface area contributed by atoms with E-state index in [0.29, 0.717) is 34.2 Å². The Kier molecular flexibility index (Phi) is 16.8. The molecule has 0 bridgehead atoms. The molecule has 1 aliphatic rings. The third-order valence-corrected chi connectivity index (χ3v) is 13.2. The van der Waals surface area contributed by atoms with Gasteiger partial charge in [0, 0.05) is 45.5 Å². The van der Waals surface area contributed by atoms with E-state index in [4.69, 9.17) is 31.9 Å². The molecule has 3 aromatic carbocycles. The van der Waals surface area contributed by atoms with E-state index in [1.54, 1.807) is 45.0 Å². The number of aliphatic hydroxyl groups is 1. The van der Waals surface area contributed by atoms with Crippen molar-refractivity contribution in [2.75, 3.05) is 41.7 Å². The van der Waals surface area contributed by atoms with Crippen LogP contribution in [0.1, 0.15) is 98.3 Å². The average molecular weight is 857 g/mol. The van der Waals surface area contributed by atoms with Crippen molar-refractivity contribution in [1.29, 1.82) is 5.26 Å². The van der Waals surface area contributed by atoms with Crippen LogP contribution in [0.25, 0.3) is 16.7 Å². The van der Waals surface area contributed by atoms with Gasteiger partial charge in [-0.2, -0.15) is 5.26 Å². The first-order valence-corrected chi connectivity index (χ1v) is 21.6. The monoisotopic (exact) mass is 856 g/mol. The van der Waals surface area contributed by atoms with Gasteiger partial charge in [0.15, 0.2) is 0 Å². The highest BCUT2D eigenvalue weighted by atomic mass is 28.4. The Morgan fingerprint density at radius 2 is 1.49 bits per heavy atom. The lowest BCUT2D eigenvalue weighted by atomic mass is 9.72. The molecule has 1 aliphatic carbocycles. The molecule has 15 heteroatoms. The quantitative estimate of drug-likeness (QED) is 0.0207. The second kappa shape index (κ2) is 21.3. The molecule has 1 N–H and O–H groups in total. The zero-order chi connectivity index (χ0) is 45.0. The number of carbonyl (C=O) groups excluding carboxylic acids is 4. The van der Waals surface area contributed by atoms with Gasteiger partial charge in [-0.15, -0.1) is 0 Å². The van der Waals surface area contributed by atoms with Gasteiger partial charge in [-0.25, -0.2) is 4.79 Å². The van der Waals surface area contributed by atoms with Crippen LogP contribution in [0.5, 0.6) is 0 Å². The third kappa shape index (κ3) is 11.1. The first kappa shape index (κ1) is 48.2. The summed E-state index contributed by atoms with van der Waals surface area (Å²) in [7, 11) is 1.34. The summed E-state index contributed by atoms with van der Waals surface area (Å²) in [6.07, 6.45) is 1.02. The number of nitriles is 1. The minimum absolute atomic E-state index is 0.0371. The number of benzene rings is 3. The van der Waals surface area contributed by atoms with Crippen molar-refractivity contribution >= 4 is 45.2 Å². The number of allylic oxidation sites excluding steroid dienone is 1. The second-order valence-electron chi connectivity index (χ2n) is 15.7. The van der Waals surface area contributed by atoms with Crippen molar-refractivity contribution in [3.63, 3.8) is 0 Å². The molecule has 0 saturated heterocycles. The predicted molar refractivity (Wildman–Crippen MR) is 228 cm³/mol. The Labute approximate surface area is 358 Å². The van der Waals surface area contributed by atoms with E-state index in [0.717, 1.165) is 16.7 Å². The van der Waals surface area contributed by atoms with Crippen molar-refractivity contribution in [2.24, 2.45) is 21.7 Å². The number of aliphatic hydroxyl groups excluding tert-OH is 1. The maximum atomic E-state index is 14.2. The molecular weight excluding hydrogens is 801 g/mol. The summed E-state index contributed by atoms with van der Waals surface area (Å²) in [6, 6.07) is 22.1. The van der Waals surface area contributed by atoms with E-state index in [-0.39, 0.29) is 51.2 Å². The van der Waals surface area contributed by atoms with Crippen molar-refractivity contribution in [3.8, 4) is 17.2 Å². The maximum absolute atomic E-state index is 14.2. The molecule has 0 spiro atoms. The van der Waals surface area contributed by atoms with E-state index in [1.807, 2.05) is 49.4 Å². The second-order valence-corrected chi connectivity index (χ2v) is 18.1. The van der Waals surface area contributed by atoms with Crippen molar-refractivity contribution in [2.45, 2.75) is 72.3 Å². The van der Waals surface area contributed by atoms with Crippen LogP contribution in [-0.4, -0.2) is 86.4 Å². The summed E-state index contributed by atoms with van der Waals surface area (Å²) in [4.78, 5) is 58.4. The molecule has 3 aromatic rings. The first-order valence-electron chi connectivity index (χ1n) is 20.0. The molecule has 0 aromatic heterocycles. The number of methoxy groups -OCH3 is 1. The Morgan fingerprint density at radius 1 is 0.852 bits per heavy atom. The number of rotatable bonds is 22. The van der Waals surface area contributed by atoms with Gasteiger partial charge < -0.3 is 37.0 Å².